The summed E-state index contributed by atoms with van der Waals surface area (Å²) in [5, 5.41) is 191. The van der Waals surface area contributed by atoms with Crippen molar-refractivity contribution in [2.75, 3.05) is 13.2 Å². The van der Waals surface area contributed by atoms with Gasteiger partial charge in [-0.15, -0.1) is 0 Å². The number of benzene rings is 7. The summed E-state index contributed by atoms with van der Waals surface area (Å²) in [5.74, 6) is -23.1. The molecule has 17 bridgehead atoms. The number of phenols is 3. The molecule has 24 atom stereocenters. The third kappa shape index (κ3) is 19.6. The molecule has 714 valence electrons. The van der Waals surface area contributed by atoms with Crippen LogP contribution in [0, 0.1) is 5.92 Å². The van der Waals surface area contributed by atoms with E-state index in [4.69, 9.17) is 71.6 Å². The summed E-state index contributed by atoms with van der Waals surface area (Å²) in [6, 6.07) is 0.527. The molecule has 9 aliphatic heterocycles. The number of hydrogen-bond acceptors (Lipinski definition) is 33. The van der Waals surface area contributed by atoms with Crippen molar-refractivity contribution in [1.82, 2.24) is 42.5 Å². The lowest BCUT2D eigenvalue weighted by atomic mass is 9.90. The molecule has 45 heteroatoms. The second-order valence-corrected chi connectivity index (χ2v) is 34.8. The number of aliphatic hydroxyl groups excluding tert-OH is 9. The van der Waals surface area contributed by atoms with Gasteiger partial charge in [0.1, 0.15) is 138 Å². The van der Waals surface area contributed by atoms with Gasteiger partial charge in [-0.25, -0.2) is 9.59 Å². The number of halogens is 2. The Hall–Kier alpha value is -12.2. The van der Waals surface area contributed by atoms with E-state index >= 15 is 24.0 Å². The third-order valence-corrected chi connectivity index (χ3v) is 24.8. The molecule has 1 unspecified atom stereocenters. The van der Waals surface area contributed by atoms with Crippen molar-refractivity contribution in [3.63, 3.8) is 0 Å². The third-order valence-electron chi connectivity index (χ3n) is 24.2. The summed E-state index contributed by atoms with van der Waals surface area (Å²) in [5.41, 5.74) is 2.10. The number of carbonyl (C=O) groups is 10. The molecular weight excluding hydrogens is 1810 g/mol. The molecule has 10 aliphatic rings. The molecule has 0 aromatic heterocycles. The van der Waals surface area contributed by atoms with Crippen LogP contribution in [0.5, 0.6) is 57.5 Å². The smallest absolute Gasteiger partial charge is 0.335 e. The van der Waals surface area contributed by atoms with E-state index in [-0.39, 0.29) is 46.2 Å². The molecule has 7 aromatic rings. The molecule has 0 saturated carbocycles. The number of carboxylic acids is 2. The van der Waals surface area contributed by atoms with E-state index in [1.54, 1.807) is 0 Å². The van der Waals surface area contributed by atoms with Crippen LogP contribution in [0.15, 0.2) is 115 Å². The average molecular weight is 1910 g/mol. The van der Waals surface area contributed by atoms with Gasteiger partial charge in [0, 0.05) is 37.0 Å². The zero-order chi connectivity index (χ0) is 96.2. The number of phenolic OH excluding ortho intramolecular Hbond substituents is 3. The highest BCUT2D eigenvalue weighted by Gasteiger charge is 2.56. The largest absolute Gasteiger partial charge is 0.508 e. The minimum absolute atomic E-state index is 0.0138. The van der Waals surface area contributed by atoms with Crippen molar-refractivity contribution in [1.29, 1.82) is 0 Å². The molecule has 0 spiro atoms. The normalized spacial score (nSPS) is 30.0. The maximum Gasteiger partial charge on any atom is 0.335 e. The number of amides is 8. The fraction of sp³-hybridized carbons (Fsp3) is 0.416. The second-order valence-electron chi connectivity index (χ2n) is 33.9. The number of ether oxygens (including phenoxy) is 9. The Labute approximate surface area is 769 Å². The molecule has 1 aliphatic carbocycles. The Balaban J connectivity index is 0.992. The van der Waals surface area contributed by atoms with Gasteiger partial charge in [0.15, 0.2) is 47.7 Å². The topological polar surface area (TPSA) is 679 Å². The number of unbranched alkanes of at least 4 members (excludes halogenated alkanes) is 3. The summed E-state index contributed by atoms with van der Waals surface area (Å²) in [4.78, 5) is 152. The Morgan fingerprint density at radius 3 is 1.77 bits per heavy atom. The van der Waals surface area contributed by atoms with Crippen LogP contribution in [0.2, 0.25) is 10.0 Å². The van der Waals surface area contributed by atoms with Crippen LogP contribution in [-0.2, 0) is 83.8 Å². The lowest BCUT2D eigenvalue weighted by Crippen LogP contribution is -2.66. The quantitative estimate of drug-likeness (QED) is 0.0388. The number of rotatable bonds is 19. The number of nitrogens with two attached hydrogens (primary N) is 1. The van der Waals surface area contributed by atoms with Crippen molar-refractivity contribution in [2.45, 2.75) is 212 Å². The van der Waals surface area contributed by atoms with Crippen molar-refractivity contribution >= 4 is 82.4 Å². The van der Waals surface area contributed by atoms with E-state index in [0.717, 1.165) is 111 Å². The number of aromatic hydroxyl groups is 3. The first-order chi connectivity index (χ1) is 63.7. The first kappa shape index (κ1) is 96.4. The van der Waals surface area contributed by atoms with Gasteiger partial charge in [-0.1, -0.05) is 93.1 Å². The number of nitrogens with one attached hydrogen (secondary N) is 8. The molecule has 134 heavy (non-hydrogen) atoms. The van der Waals surface area contributed by atoms with Gasteiger partial charge >= 0.3 is 11.9 Å². The van der Waals surface area contributed by atoms with E-state index in [1.165, 1.54) is 30.3 Å². The fourth-order valence-electron chi connectivity index (χ4n) is 17.3. The van der Waals surface area contributed by atoms with E-state index in [1.807, 2.05) is 0 Å². The van der Waals surface area contributed by atoms with E-state index < -0.39 is 320 Å². The molecule has 8 amide bonds. The van der Waals surface area contributed by atoms with Gasteiger partial charge in [-0.3, -0.25) is 38.4 Å². The monoisotopic (exact) mass is 1900 g/mol. The maximum absolute atomic E-state index is 17.1. The van der Waals surface area contributed by atoms with Crippen molar-refractivity contribution in [3.05, 3.63) is 175 Å². The SMILES string of the molecule is CC(=O)N[C@H]1[C@H](O[C@@H]2c3ccc(c(Cl)c3)Oc3cc4cc(c3O[C@@H]3O[C@H](C(=O)O)[C@@H](O)[C@H](O)[C@H]3NC(=O)CCCCCCC(C)C)Oc3ccc(cc3Cl)C[C@H]3NC(=O)[C@H](N)c5ccc(O)c(c5)Oc5cc(O)cc(c5)[C@H](NC3=O)C(=O)N[C@H]4C(=O)N[C@H]3C(=O)N[C@@H]2C(=O)N[C@H](C(=O)O)c2cc(O)cc4c2-c2cc3ccc2C4(O)O[C@H]2O[C@H](CO)[C@@H](O)[C@H](O)[C@@H]2O)O[C@H](CO)[C@@H](O)[C@@H]1O. The molecule has 0 radical (unpaired) electrons. The van der Waals surface area contributed by atoms with Gasteiger partial charge in [0.25, 0.3) is 0 Å². The minimum atomic E-state index is -3.19. The first-order valence-electron chi connectivity index (χ1n) is 42.4. The van der Waals surface area contributed by atoms with Gasteiger partial charge < -0.3 is 167 Å². The van der Waals surface area contributed by atoms with Crippen LogP contribution < -0.4 is 67.2 Å². The Bertz CT molecular complexity index is 5780. The molecule has 3 saturated heterocycles. The minimum Gasteiger partial charge on any atom is -0.508 e. The fourth-order valence-corrected chi connectivity index (χ4v) is 17.8. The van der Waals surface area contributed by atoms with E-state index in [9.17, 15) is 101 Å². The maximum atomic E-state index is 17.1. The van der Waals surface area contributed by atoms with Crippen LogP contribution in [-0.4, -0.2) is 253 Å². The highest BCUT2D eigenvalue weighted by atomic mass is 35.5. The Morgan fingerprint density at radius 1 is 0.530 bits per heavy atom. The highest BCUT2D eigenvalue weighted by molar-refractivity contribution is 6.32. The molecule has 43 nitrogen and oxygen atoms in total. The number of fused-ring (bicyclic) bond motifs is 11. The zero-order valence-corrected chi connectivity index (χ0v) is 72.5. The molecule has 17 rings (SSSR count). The van der Waals surface area contributed by atoms with Crippen LogP contribution in [0.25, 0.3) is 11.1 Å². The predicted octanol–water partition coefficient (Wildman–Crippen LogP) is 0.551. The molecule has 25 N–H and O–H groups in total. The summed E-state index contributed by atoms with van der Waals surface area (Å²) < 4.78 is 57.1. The van der Waals surface area contributed by atoms with Crippen molar-refractivity contribution < 1.29 is 167 Å². The van der Waals surface area contributed by atoms with Gasteiger partial charge in [0.05, 0.1) is 23.3 Å². The first-order valence-corrected chi connectivity index (χ1v) is 43.2. The number of aliphatic carboxylic acids is 2. The molecule has 7 aromatic carbocycles. The van der Waals surface area contributed by atoms with Crippen LogP contribution in [0.3, 0.4) is 0 Å². The lowest BCUT2D eigenvalue weighted by molar-refractivity contribution is -0.355. The van der Waals surface area contributed by atoms with Gasteiger partial charge in [-0.2, -0.15) is 0 Å². The predicted molar refractivity (Wildman–Crippen MR) is 455 cm³/mol. The number of aliphatic hydroxyl groups is 10. The second kappa shape index (κ2) is 39.4. The Kier molecular flexibility index (Phi) is 28.3. The molecular formula is C89H95Cl2N9O34. The zero-order valence-electron chi connectivity index (χ0n) is 71.0. The van der Waals surface area contributed by atoms with Crippen molar-refractivity contribution in [3.8, 4) is 68.6 Å². The summed E-state index contributed by atoms with van der Waals surface area (Å²) in [6.07, 6.45) is -27.9. The van der Waals surface area contributed by atoms with E-state index in [0.29, 0.717) is 12.3 Å². The van der Waals surface area contributed by atoms with Gasteiger partial charge in [0.2, 0.25) is 65.1 Å². The average Bonchev–Trinajstić information content (AvgIpc) is 1.55. The number of carbonyl (C=O) groups excluding carboxylic acids is 8. The van der Waals surface area contributed by atoms with Crippen LogP contribution >= 0.6 is 23.2 Å². The molecule has 9 heterocycles. The standard InChI is InChI=1S/C89H95Cl2N9O34/c1-32(2)8-6-4-5-7-9-58(107)95-66-71(111)73(113)77(85(123)124)133-87(66)132-76-54-25-39-26-55(76)128-52-17-13-37(23-48(52)91)75(131-86-65(93-33(3)103)70(110)68(108)56(30-101)129-86)67-83(120)99-64(84(121)122)44-28-41(105)29-46-59(44)43-22-36(11-14-45(43)89(46,125)134-88-74(114)72(112)69(109)57(31-102)130-88)61(80(117)100-67)97-82(119)63(39)98-81(118)62-38-20-40(104)27-42(21-38)126-53-24-35(12-15-50(53)106)60(92)79(116)94-49(78(115)96-62)19-34-10-16-51(127-54)47(90)18-34/h10-18,20-29,32,49,56-57,60-75,77,86-88,101-102,104-106,108-114,125H,4-9,19,30-31,92H2,1-3H3,(H,93,103)(H,94,116)(H,95,107)(H,96,115)(H,97,119)(H,98,118)(H,99,120)(H,100,117)(H,121,122)(H,123,124)/t49-,56-,57-,60-,61-,62+,63-,64+,65-,66-,67+,68-,69-,70-,71-,72+,73+,74+,75-,77+,86+,87-,88-,89?/m1/s1. The Morgan fingerprint density at radius 2 is 1.12 bits per heavy atom. The van der Waals surface area contributed by atoms with E-state index in [2.05, 4.69) is 56.4 Å². The summed E-state index contributed by atoms with van der Waals surface area (Å²) >= 11 is 14.7. The lowest BCUT2D eigenvalue weighted by Gasteiger charge is -2.44. The highest BCUT2D eigenvalue weighted by Crippen LogP contribution is 2.55. The van der Waals surface area contributed by atoms with Crippen LogP contribution in [0.1, 0.15) is 146 Å². The number of hydrogen-bond donors (Lipinski definition) is 24. The van der Waals surface area contributed by atoms with Crippen LogP contribution in [0.4, 0.5) is 0 Å². The summed E-state index contributed by atoms with van der Waals surface area (Å²) in [7, 11) is 0. The van der Waals surface area contributed by atoms with Gasteiger partial charge in [-0.05, 0) is 141 Å². The summed E-state index contributed by atoms with van der Waals surface area (Å²) in [6.45, 7) is 2.93. The molecule has 3 fully saturated rings. The van der Waals surface area contributed by atoms with Crippen molar-refractivity contribution in [2.24, 2.45) is 11.7 Å². The number of carboxylic acid groups (broad SMARTS) is 2.